The zero-order valence-electron chi connectivity index (χ0n) is 19.7. The third kappa shape index (κ3) is 3.55. The summed E-state index contributed by atoms with van der Waals surface area (Å²) in [6.45, 7) is 3.15. The molecule has 10 heteroatoms. The van der Waals surface area contributed by atoms with Crippen LogP contribution in [0.2, 0.25) is 0 Å². The number of carbonyl (C=O) groups is 1. The van der Waals surface area contributed by atoms with Crippen molar-refractivity contribution in [1.29, 1.82) is 0 Å². The summed E-state index contributed by atoms with van der Waals surface area (Å²) in [6.07, 6.45) is 9.84. The molecule has 2 amide bonds. The summed E-state index contributed by atoms with van der Waals surface area (Å²) in [4.78, 5) is 25.2. The number of aromatic nitrogens is 4. The first kappa shape index (κ1) is 21.6. The molecule has 7 rings (SSSR count). The normalized spacial score (nSPS) is 27.6. The van der Waals surface area contributed by atoms with E-state index in [2.05, 4.69) is 15.1 Å². The molecule has 5 fully saturated rings. The number of urea groups is 1. The van der Waals surface area contributed by atoms with E-state index in [1.54, 1.807) is 6.33 Å². The zero-order valence-corrected chi connectivity index (χ0v) is 19.7. The van der Waals surface area contributed by atoms with Gasteiger partial charge < -0.3 is 14.9 Å². The molecule has 2 aromatic rings. The molecule has 0 radical (unpaired) electrons. The minimum absolute atomic E-state index is 0.137. The maximum absolute atomic E-state index is 14.0. The average Bonchev–Trinajstić information content (AvgIpc) is 3.14. The van der Waals surface area contributed by atoms with Crippen LogP contribution < -0.4 is 0 Å². The van der Waals surface area contributed by atoms with Crippen molar-refractivity contribution in [3.8, 4) is 0 Å². The quantitative estimate of drug-likeness (QED) is 0.721. The lowest BCUT2D eigenvalue weighted by Gasteiger charge is -2.60. The van der Waals surface area contributed by atoms with E-state index in [-0.39, 0.29) is 16.9 Å². The molecule has 2 aromatic heterocycles. The molecule has 0 unspecified atom stereocenters. The van der Waals surface area contributed by atoms with E-state index < -0.39 is 17.2 Å². The first-order valence-electron chi connectivity index (χ1n) is 12.7. The Morgan fingerprint density at radius 3 is 2.43 bits per heavy atom. The molecule has 0 bridgehead atoms. The van der Waals surface area contributed by atoms with Gasteiger partial charge in [0.15, 0.2) is 5.82 Å². The molecule has 8 nitrogen and oxygen atoms in total. The Morgan fingerprint density at radius 1 is 1.03 bits per heavy atom. The highest BCUT2D eigenvalue weighted by atomic mass is 19.1. The van der Waals surface area contributed by atoms with Crippen LogP contribution in [0.3, 0.4) is 0 Å². The molecule has 3 saturated carbocycles. The number of halogens is 2. The van der Waals surface area contributed by atoms with Gasteiger partial charge in [0.1, 0.15) is 23.6 Å². The van der Waals surface area contributed by atoms with Gasteiger partial charge in [0.2, 0.25) is 0 Å². The van der Waals surface area contributed by atoms with Crippen LogP contribution >= 0.6 is 0 Å². The van der Waals surface area contributed by atoms with Gasteiger partial charge in [0.05, 0.1) is 17.9 Å². The Morgan fingerprint density at radius 2 is 1.74 bits per heavy atom. The monoisotopic (exact) mass is 484 g/mol. The van der Waals surface area contributed by atoms with Gasteiger partial charge in [-0.25, -0.2) is 23.2 Å². The Kier molecular flexibility index (Phi) is 4.46. The fourth-order valence-electron chi connectivity index (χ4n) is 7.04. The van der Waals surface area contributed by atoms with E-state index in [1.165, 1.54) is 0 Å². The highest BCUT2D eigenvalue weighted by molar-refractivity contribution is 5.76. The Balaban J connectivity index is 0.875. The molecule has 186 valence electrons. The second-order valence-corrected chi connectivity index (χ2v) is 12.0. The highest BCUT2D eigenvalue weighted by Gasteiger charge is 2.57. The van der Waals surface area contributed by atoms with Gasteiger partial charge in [-0.15, -0.1) is 0 Å². The topological polar surface area (TPSA) is 87.4 Å². The van der Waals surface area contributed by atoms with Crippen LogP contribution in [0.4, 0.5) is 13.6 Å². The second kappa shape index (κ2) is 7.21. The maximum Gasteiger partial charge on any atom is 0.320 e. The van der Waals surface area contributed by atoms with Gasteiger partial charge in [0, 0.05) is 43.1 Å². The van der Waals surface area contributed by atoms with Crippen molar-refractivity contribution in [3.63, 3.8) is 0 Å². The predicted octanol–water partition coefficient (Wildman–Crippen LogP) is 3.03. The lowest BCUT2D eigenvalue weighted by molar-refractivity contribution is -0.0849. The van der Waals surface area contributed by atoms with Crippen molar-refractivity contribution in [2.45, 2.75) is 63.0 Å². The van der Waals surface area contributed by atoms with E-state index in [4.69, 9.17) is 0 Å². The molecule has 0 aromatic carbocycles. The molecule has 5 aliphatic rings. The Hall–Kier alpha value is -2.62. The zero-order chi connectivity index (χ0) is 24.0. The smallest absolute Gasteiger partial charge is 0.320 e. The number of nitrogens with zero attached hydrogens (tertiary/aromatic N) is 6. The summed E-state index contributed by atoms with van der Waals surface area (Å²) in [6, 6.07) is 1.35. The molecule has 1 atom stereocenters. The molecule has 2 aliphatic heterocycles. The van der Waals surface area contributed by atoms with Crippen LogP contribution in [0.5, 0.6) is 0 Å². The first-order valence-corrected chi connectivity index (χ1v) is 12.7. The van der Waals surface area contributed by atoms with E-state index in [9.17, 15) is 18.7 Å². The fourth-order valence-corrected chi connectivity index (χ4v) is 7.04. The highest BCUT2D eigenvalue weighted by Crippen LogP contribution is 2.55. The van der Waals surface area contributed by atoms with E-state index in [1.807, 2.05) is 14.5 Å². The minimum Gasteiger partial charge on any atom is -0.382 e. The summed E-state index contributed by atoms with van der Waals surface area (Å²) < 4.78 is 29.0. The standard InChI is InChI=1S/C25H30F2N6O2/c26-17-6-19(27)20(28-10-17)5-16-1-2-23(7-16)11-31(12-23)22(34)32-13-24(14-32)8-18(9-24)33-15-29-21(30-33)25(35)3-4-25/h6,10,15-16,18,35H,1-5,7-9,11-14H2/t16-/m1/s1. The number of hydrogen-bond donors (Lipinski definition) is 1. The second-order valence-electron chi connectivity index (χ2n) is 12.0. The van der Waals surface area contributed by atoms with Gasteiger partial charge in [-0.2, -0.15) is 5.10 Å². The molecular formula is C25H30F2N6O2. The van der Waals surface area contributed by atoms with Crippen LogP contribution in [0.25, 0.3) is 0 Å². The Labute approximate surface area is 202 Å². The van der Waals surface area contributed by atoms with E-state index in [0.29, 0.717) is 29.9 Å². The van der Waals surface area contributed by atoms with Gasteiger partial charge in [-0.1, -0.05) is 0 Å². The van der Waals surface area contributed by atoms with Gasteiger partial charge in [0.25, 0.3) is 0 Å². The SMILES string of the molecule is O=C(N1CC2(CC(n3cnc(C4(O)CC4)n3)C2)C1)N1CC2(CC[C@H](Cc3ncc(F)cc3F)C2)C1. The number of pyridine rings is 1. The molecule has 3 aliphatic carbocycles. The van der Waals surface area contributed by atoms with Crippen molar-refractivity contribution >= 4 is 6.03 Å². The van der Waals surface area contributed by atoms with Crippen LogP contribution in [0.1, 0.15) is 62.5 Å². The van der Waals surface area contributed by atoms with Crippen LogP contribution in [0.15, 0.2) is 18.6 Å². The number of carbonyl (C=O) groups excluding carboxylic acids is 1. The maximum atomic E-state index is 14.0. The van der Waals surface area contributed by atoms with Crippen molar-refractivity contribution in [2.75, 3.05) is 26.2 Å². The largest absolute Gasteiger partial charge is 0.382 e. The van der Waals surface area contributed by atoms with Crippen LogP contribution in [-0.2, 0) is 12.0 Å². The van der Waals surface area contributed by atoms with Gasteiger partial charge in [-0.05, 0) is 57.3 Å². The van der Waals surface area contributed by atoms with Crippen molar-refractivity contribution in [1.82, 2.24) is 29.5 Å². The number of rotatable bonds is 4. The first-order chi connectivity index (χ1) is 16.7. The third-order valence-electron chi connectivity index (χ3n) is 9.18. The Bertz CT molecular complexity index is 1180. The molecule has 4 heterocycles. The van der Waals surface area contributed by atoms with Gasteiger partial charge >= 0.3 is 6.03 Å². The third-order valence-corrected chi connectivity index (χ3v) is 9.18. The fraction of sp³-hybridized carbons (Fsp3) is 0.680. The summed E-state index contributed by atoms with van der Waals surface area (Å²) in [7, 11) is 0. The predicted molar refractivity (Wildman–Crippen MR) is 120 cm³/mol. The molecule has 35 heavy (non-hydrogen) atoms. The summed E-state index contributed by atoms with van der Waals surface area (Å²) in [5.41, 5.74) is -0.0992. The number of likely N-dealkylation sites (tertiary alicyclic amines) is 2. The van der Waals surface area contributed by atoms with Crippen LogP contribution in [-0.4, -0.2) is 66.9 Å². The summed E-state index contributed by atoms with van der Waals surface area (Å²) in [5, 5.41) is 14.7. The van der Waals surface area contributed by atoms with Crippen molar-refractivity contribution < 1.29 is 18.7 Å². The summed E-state index contributed by atoms with van der Waals surface area (Å²) in [5.74, 6) is -0.334. The summed E-state index contributed by atoms with van der Waals surface area (Å²) >= 11 is 0. The molecule has 2 spiro atoms. The lowest BCUT2D eigenvalue weighted by Crippen LogP contribution is -2.69. The number of amides is 2. The average molecular weight is 485 g/mol. The van der Waals surface area contributed by atoms with E-state index in [0.717, 1.165) is 83.4 Å². The molecule has 1 N–H and O–H groups in total. The minimum atomic E-state index is -0.797. The molecule has 2 saturated heterocycles. The number of aliphatic hydroxyl groups is 1. The van der Waals surface area contributed by atoms with Crippen LogP contribution in [0, 0.1) is 28.4 Å². The lowest BCUT2D eigenvalue weighted by atomic mass is 9.60. The van der Waals surface area contributed by atoms with Gasteiger partial charge in [-0.3, -0.25) is 4.98 Å². The molecular weight excluding hydrogens is 454 g/mol. The van der Waals surface area contributed by atoms with E-state index >= 15 is 0 Å². The van der Waals surface area contributed by atoms with Crippen molar-refractivity contribution in [3.05, 3.63) is 41.7 Å². The number of hydrogen-bond acceptors (Lipinski definition) is 5. The van der Waals surface area contributed by atoms with Crippen molar-refractivity contribution in [2.24, 2.45) is 16.7 Å².